The summed E-state index contributed by atoms with van der Waals surface area (Å²) in [5, 5.41) is 1.20. The fourth-order valence-electron chi connectivity index (χ4n) is 4.08. The third kappa shape index (κ3) is 4.40. The number of anilines is 1. The van der Waals surface area contributed by atoms with E-state index in [0.29, 0.717) is 24.6 Å². The Hall–Kier alpha value is -3.54. The molecular formula is C26H29N3O3. The largest absolute Gasteiger partial charge is 0.497 e. The Bertz CT molecular complexity index is 1160. The molecule has 1 amide bonds. The minimum absolute atomic E-state index is 0.000941. The van der Waals surface area contributed by atoms with Crippen molar-refractivity contribution in [1.29, 1.82) is 0 Å². The zero-order valence-electron chi connectivity index (χ0n) is 19.1. The molecule has 2 aromatic carbocycles. The number of aryl methyl sites for hydroxylation is 2. The number of piperazine rings is 1. The summed E-state index contributed by atoms with van der Waals surface area (Å²) in [7, 11) is 3.22. The van der Waals surface area contributed by atoms with Crippen LogP contribution in [0.3, 0.4) is 0 Å². The highest BCUT2D eigenvalue weighted by molar-refractivity contribution is 5.92. The number of aromatic nitrogens is 1. The van der Waals surface area contributed by atoms with Gasteiger partial charge in [-0.25, -0.2) is 4.98 Å². The van der Waals surface area contributed by atoms with Gasteiger partial charge in [0.15, 0.2) is 0 Å². The first-order valence-corrected chi connectivity index (χ1v) is 10.8. The maximum atomic E-state index is 12.8. The summed E-state index contributed by atoms with van der Waals surface area (Å²) in [4.78, 5) is 21.8. The van der Waals surface area contributed by atoms with Crippen LogP contribution in [0.25, 0.3) is 17.0 Å². The van der Waals surface area contributed by atoms with Crippen LogP contribution in [0.1, 0.15) is 16.7 Å². The Morgan fingerprint density at radius 2 is 1.75 bits per heavy atom. The molecule has 4 rings (SSSR count). The Morgan fingerprint density at radius 3 is 2.47 bits per heavy atom. The molecule has 0 spiro atoms. The number of nitrogens with zero attached hydrogens (tertiary/aromatic N) is 3. The number of ether oxygens (including phenoxy) is 2. The van der Waals surface area contributed by atoms with Crippen LogP contribution in [-0.4, -0.2) is 56.2 Å². The highest BCUT2D eigenvalue weighted by atomic mass is 16.5. The van der Waals surface area contributed by atoms with E-state index in [1.54, 1.807) is 26.4 Å². The molecule has 0 aliphatic carbocycles. The van der Waals surface area contributed by atoms with Crippen molar-refractivity contribution in [2.24, 2.45) is 0 Å². The Balaban J connectivity index is 1.43. The average molecular weight is 432 g/mol. The molecule has 1 fully saturated rings. The fourth-order valence-corrected chi connectivity index (χ4v) is 4.08. The lowest BCUT2D eigenvalue weighted by molar-refractivity contribution is -0.126. The van der Waals surface area contributed by atoms with Gasteiger partial charge in [0, 0.05) is 49.3 Å². The second kappa shape index (κ2) is 9.30. The Labute approximate surface area is 189 Å². The molecule has 1 saturated heterocycles. The number of benzene rings is 2. The van der Waals surface area contributed by atoms with E-state index in [-0.39, 0.29) is 5.91 Å². The standard InChI is InChI=1S/C26H29N3O3/c1-18-6-5-7-22-19(2)16-24(27-26(18)22)28-12-14-29(15-13-28)25(30)11-9-20-8-10-21(31-3)17-23(20)32-4/h5-11,16-17H,12-15H2,1-4H3/b11-9+. The van der Waals surface area contributed by atoms with Gasteiger partial charge in [0.05, 0.1) is 19.7 Å². The van der Waals surface area contributed by atoms with E-state index in [4.69, 9.17) is 14.5 Å². The van der Waals surface area contributed by atoms with Crippen molar-refractivity contribution in [1.82, 2.24) is 9.88 Å². The van der Waals surface area contributed by atoms with Crippen LogP contribution < -0.4 is 14.4 Å². The summed E-state index contributed by atoms with van der Waals surface area (Å²) in [5.74, 6) is 2.37. The van der Waals surface area contributed by atoms with Crippen molar-refractivity contribution in [2.45, 2.75) is 13.8 Å². The number of rotatable bonds is 5. The molecule has 0 atom stereocenters. The fraction of sp³-hybridized carbons (Fsp3) is 0.308. The van der Waals surface area contributed by atoms with Crippen LogP contribution in [0, 0.1) is 13.8 Å². The van der Waals surface area contributed by atoms with Crippen LogP contribution in [0.2, 0.25) is 0 Å². The monoisotopic (exact) mass is 431 g/mol. The maximum absolute atomic E-state index is 12.8. The molecule has 2 heterocycles. The van der Waals surface area contributed by atoms with Gasteiger partial charge in [-0.2, -0.15) is 0 Å². The molecule has 0 unspecified atom stereocenters. The molecule has 166 valence electrons. The second-order valence-electron chi connectivity index (χ2n) is 8.02. The van der Waals surface area contributed by atoms with Crippen LogP contribution >= 0.6 is 0 Å². The predicted molar refractivity (Wildman–Crippen MR) is 129 cm³/mol. The number of carbonyl (C=O) groups excluding carboxylic acids is 1. The smallest absolute Gasteiger partial charge is 0.246 e. The molecular weight excluding hydrogens is 402 g/mol. The third-order valence-electron chi connectivity index (χ3n) is 6.00. The molecule has 1 aliphatic heterocycles. The van der Waals surface area contributed by atoms with Gasteiger partial charge in [-0.05, 0) is 49.2 Å². The minimum atomic E-state index is 0.000941. The number of hydrogen-bond donors (Lipinski definition) is 0. The Kier molecular flexibility index (Phi) is 6.30. The quantitative estimate of drug-likeness (QED) is 0.566. The minimum Gasteiger partial charge on any atom is -0.497 e. The highest BCUT2D eigenvalue weighted by Gasteiger charge is 2.21. The predicted octanol–water partition coefficient (Wildman–Crippen LogP) is 4.23. The van der Waals surface area contributed by atoms with Gasteiger partial charge in [-0.15, -0.1) is 0 Å². The molecule has 1 aliphatic rings. The summed E-state index contributed by atoms with van der Waals surface area (Å²) < 4.78 is 10.6. The maximum Gasteiger partial charge on any atom is 0.246 e. The van der Waals surface area contributed by atoms with Crippen molar-refractivity contribution >= 4 is 28.7 Å². The van der Waals surface area contributed by atoms with Crippen LogP contribution in [-0.2, 0) is 4.79 Å². The van der Waals surface area contributed by atoms with Gasteiger partial charge in [0.25, 0.3) is 0 Å². The zero-order chi connectivity index (χ0) is 22.7. The lowest BCUT2D eigenvalue weighted by Crippen LogP contribution is -2.48. The Morgan fingerprint density at radius 1 is 0.969 bits per heavy atom. The summed E-state index contributed by atoms with van der Waals surface area (Å²) in [6.45, 7) is 7.07. The molecule has 0 N–H and O–H groups in total. The lowest BCUT2D eigenvalue weighted by atomic mass is 10.1. The van der Waals surface area contributed by atoms with Gasteiger partial charge in [0.1, 0.15) is 17.3 Å². The number of hydrogen-bond acceptors (Lipinski definition) is 5. The van der Waals surface area contributed by atoms with Crippen molar-refractivity contribution < 1.29 is 14.3 Å². The van der Waals surface area contributed by atoms with Gasteiger partial charge in [-0.1, -0.05) is 18.2 Å². The molecule has 6 heteroatoms. The van der Waals surface area contributed by atoms with E-state index in [0.717, 1.165) is 30.0 Å². The van der Waals surface area contributed by atoms with Crippen molar-refractivity contribution in [3.63, 3.8) is 0 Å². The summed E-state index contributed by atoms with van der Waals surface area (Å²) in [6, 6.07) is 14.0. The van der Waals surface area contributed by atoms with Crippen LogP contribution in [0.15, 0.2) is 48.5 Å². The van der Waals surface area contributed by atoms with Crippen molar-refractivity contribution in [2.75, 3.05) is 45.3 Å². The molecule has 0 radical (unpaired) electrons. The lowest BCUT2D eigenvalue weighted by Gasteiger charge is -2.35. The molecule has 6 nitrogen and oxygen atoms in total. The van der Waals surface area contributed by atoms with E-state index in [1.807, 2.05) is 23.1 Å². The molecule has 32 heavy (non-hydrogen) atoms. The van der Waals surface area contributed by atoms with Gasteiger partial charge >= 0.3 is 0 Å². The number of carbonyl (C=O) groups is 1. The molecule has 3 aromatic rings. The third-order valence-corrected chi connectivity index (χ3v) is 6.00. The van der Waals surface area contributed by atoms with E-state index in [9.17, 15) is 4.79 Å². The normalized spacial score (nSPS) is 14.2. The summed E-state index contributed by atoms with van der Waals surface area (Å²) >= 11 is 0. The number of amides is 1. The number of pyridine rings is 1. The van der Waals surface area contributed by atoms with Crippen LogP contribution in [0.4, 0.5) is 5.82 Å². The van der Waals surface area contributed by atoms with E-state index in [2.05, 4.69) is 43.0 Å². The second-order valence-corrected chi connectivity index (χ2v) is 8.02. The molecule has 1 aromatic heterocycles. The summed E-state index contributed by atoms with van der Waals surface area (Å²) in [5.41, 5.74) is 4.30. The highest BCUT2D eigenvalue weighted by Crippen LogP contribution is 2.27. The van der Waals surface area contributed by atoms with Crippen molar-refractivity contribution in [3.8, 4) is 11.5 Å². The number of methoxy groups -OCH3 is 2. The molecule has 0 bridgehead atoms. The van der Waals surface area contributed by atoms with Gasteiger partial charge in [-0.3, -0.25) is 4.79 Å². The SMILES string of the molecule is COc1ccc(/C=C/C(=O)N2CCN(c3cc(C)c4cccc(C)c4n3)CC2)c(OC)c1. The topological polar surface area (TPSA) is 54.9 Å². The first-order valence-electron chi connectivity index (χ1n) is 10.8. The first kappa shape index (κ1) is 21.7. The first-order chi connectivity index (χ1) is 15.5. The average Bonchev–Trinajstić information content (AvgIpc) is 2.83. The van der Waals surface area contributed by atoms with Crippen LogP contribution in [0.5, 0.6) is 11.5 Å². The van der Waals surface area contributed by atoms with Gasteiger partial charge in [0.2, 0.25) is 5.91 Å². The molecule has 0 saturated carbocycles. The van der Waals surface area contributed by atoms with Gasteiger partial charge < -0.3 is 19.3 Å². The van der Waals surface area contributed by atoms with E-state index in [1.165, 1.54) is 16.5 Å². The van der Waals surface area contributed by atoms with Crippen molar-refractivity contribution in [3.05, 3.63) is 65.2 Å². The van der Waals surface area contributed by atoms with E-state index < -0.39 is 0 Å². The zero-order valence-corrected chi connectivity index (χ0v) is 19.1. The number of para-hydroxylation sites is 1. The van der Waals surface area contributed by atoms with E-state index >= 15 is 0 Å². The summed E-state index contributed by atoms with van der Waals surface area (Å²) in [6.07, 6.45) is 3.41. The number of fused-ring (bicyclic) bond motifs is 1.